The molecular formula is C24H49NO3. The maximum Gasteiger partial charge on any atom is 0.330 e. The van der Waals surface area contributed by atoms with Crippen LogP contribution in [0, 0.1) is 0 Å². The number of carbonyl (C=O) groups is 1. The van der Waals surface area contributed by atoms with E-state index in [0.717, 1.165) is 19.4 Å². The van der Waals surface area contributed by atoms with Crippen molar-refractivity contribution in [1.29, 1.82) is 0 Å². The highest BCUT2D eigenvalue weighted by molar-refractivity contribution is 5.84. The van der Waals surface area contributed by atoms with Gasteiger partial charge in [0.2, 0.25) is 0 Å². The average molecular weight is 400 g/mol. The van der Waals surface area contributed by atoms with Gasteiger partial charge in [0.15, 0.2) is 0 Å². The molecule has 1 unspecified atom stereocenters. The minimum Gasteiger partial charge on any atom is -0.478 e. The summed E-state index contributed by atoms with van der Waals surface area (Å²) in [6, 6.07) is 0. The van der Waals surface area contributed by atoms with Crippen molar-refractivity contribution < 1.29 is 15.0 Å². The van der Waals surface area contributed by atoms with Crippen molar-refractivity contribution in [2.24, 2.45) is 0 Å². The first-order valence-corrected chi connectivity index (χ1v) is 11.6. The molecule has 0 saturated carbocycles. The van der Waals surface area contributed by atoms with Crippen LogP contribution in [0.5, 0.6) is 0 Å². The number of aliphatic carboxylic acids is 1. The molecule has 0 aromatic carbocycles. The maximum atomic E-state index is 9.99. The van der Waals surface area contributed by atoms with Crippen LogP contribution in [-0.4, -0.2) is 28.5 Å². The summed E-state index contributed by atoms with van der Waals surface area (Å²) in [7, 11) is 0. The molecule has 0 aliphatic carbocycles. The van der Waals surface area contributed by atoms with Crippen LogP contribution in [0.15, 0.2) is 12.2 Å². The van der Waals surface area contributed by atoms with E-state index in [-0.39, 0.29) is 5.57 Å². The minimum absolute atomic E-state index is 0.176. The van der Waals surface area contributed by atoms with E-state index in [1.165, 1.54) is 90.4 Å². The lowest BCUT2D eigenvalue weighted by Gasteiger charge is -2.23. The molecule has 0 fully saturated rings. The second kappa shape index (κ2) is 20.9. The molecule has 0 spiro atoms. The van der Waals surface area contributed by atoms with Crippen LogP contribution in [0.2, 0.25) is 0 Å². The van der Waals surface area contributed by atoms with Gasteiger partial charge in [-0.15, -0.1) is 0 Å². The molecule has 0 aliphatic heterocycles. The molecule has 1 atom stereocenters. The molecular weight excluding hydrogens is 350 g/mol. The van der Waals surface area contributed by atoms with Crippen molar-refractivity contribution in [3.63, 3.8) is 0 Å². The molecule has 3 N–H and O–H groups in total. The third kappa shape index (κ3) is 25.1. The summed E-state index contributed by atoms with van der Waals surface area (Å²) in [5.74, 6) is -0.935. The van der Waals surface area contributed by atoms with Crippen molar-refractivity contribution >= 4 is 5.97 Å². The van der Waals surface area contributed by atoms with E-state index in [9.17, 15) is 9.90 Å². The third-order valence-electron chi connectivity index (χ3n) is 4.94. The Kier molecular flexibility index (Phi) is 21.8. The van der Waals surface area contributed by atoms with E-state index in [0.29, 0.717) is 0 Å². The normalized spacial score (nSPS) is 12.8. The van der Waals surface area contributed by atoms with E-state index >= 15 is 0 Å². The highest BCUT2D eigenvalue weighted by Crippen LogP contribution is 2.15. The number of rotatable bonds is 18. The molecule has 0 aliphatic rings. The van der Waals surface area contributed by atoms with Gasteiger partial charge in [-0.1, -0.05) is 104 Å². The fraction of sp³-hybridized carbons (Fsp3) is 0.875. The highest BCUT2D eigenvalue weighted by atomic mass is 16.4. The SMILES string of the molecule is C=C(C)C(=O)O.CCCCCCCCCCCCCCCCC(C)(O)NCC. The van der Waals surface area contributed by atoms with Gasteiger partial charge in [0.1, 0.15) is 5.72 Å². The standard InChI is InChI=1S/C20H43NO.C4H6O2/c1-4-6-7-8-9-10-11-12-13-14-15-16-17-18-19-20(3,22)21-5-2;1-3(2)4(5)6/h21-22H,4-19H2,1-3H3;1H2,2H3,(H,5,6). The molecule has 0 bridgehead atoms. The summed E-state index contributed by atoms with van der Waals surface area (Å²) in [5, 5.41) is 21.0. The van der Waals surface area contributed by atoms with Gasteiger partial charge in [-0.05, 0) is 33.2 Å². The summed E-state index contributed by atoms with van der Waals surface area (Å²) in [6.45, 7) is 11.7. The number of carboxylic acids is 1. The van der Waals surface area contributed by atoms with E-state index in [4.69, 9.17) is 5.11 Å². The summed E-state index contributed by atoms with van der Waals surface area (Å²) >= 11 is 0. The first kappa shape index (κ1) is 29.3. The molecule has 168 valence electrons. The minimum atomic E-state index is -0.935. The summed E-state index contributed by atoms with van der Waals surface area (Å²) in [5.41, 5.74) is -0.485. The lowest BCUT2D eigenvalue weighted by Crippen LogP contribution is -2.41. The predicted molar refractivity (Wildman–Crippen MR) is 122 cm³/mol. The Morgan fingerprint density at radius 2 is 1.14 bits per heavy atom. The van der Waals surface area contributed by atoms with Crippen LogP contribution < -0.4 is 5.32 Å². The lowest BCUT2D eigenvalue weighted by atomic mass is 10.0. The van der Waals surface area contributed by atoms with Crippen molar-refractivity contribution in [3.05, 3.63) is 12.2 Å². The Bertz CT molecular complexity index is 355. The number of nitrogens with one attached hydrogen (secondary N) is 1. The molecule has 28 heavy (non-hydrogen) atoms. The van der Waals surface area contributed by atoms with Crippen molar-refractivity contribution in [3.8, 4) is 0 Å². The van der Waals surface area contributed by atoms with Gasteiger partial charge in [0.25, 0.3) is 0 Å². The van der Waals surface area contributed by atoms with Crippen molar-refractivity contribution in [2.75, 3.05) is 6.54 Å². The van der Waals surface area contributed by atoms with E-state index in [1.807, 2.05) is 13.8 Å². The summed E-state index contributed by atoms with van der Waals surface area (Å²) in [4.78, 5) is 9.60. The van der Waals surface area contributed by atoms with Crippen LogP contribution in [0.4, 0.5) is 0 Å². The smallest absolute Gasteiger partial charge is 0.330 e. The van der Waals surface area contributed by atoms with Crippen LogP contribution in [0.1, 0.15) is 124 Å². The van der Waals surface area contributed by atoms with Crippen LogP contribution in [-0.2, 0) is 4.79 Å². The molecule has 0 saturated heterocycles. The fourth-order valence-corrected chi connectivity index (χ4v) is 3.13. The number of aliphatic hydroxyl groups is 1. The van der Waals surface area contributed by atoms with Gasteiger partial charge < -0.3 is 10.2 Å². The Morgan fingerprint density at radius 3 is 1.43 bits per heavy atom. The average Bonchev–Trinajstić information content (AvgIpc) is 2.62. The zero-order valence-corrected chi connectivity index (χ0v) is 19.3. The Hall–Kier alpha value is -0.870. The second-order valence-corrected chi connectivity index (χ2v) is 8.24. The highest BCUT2D eigenvalue weighted by Gasteiger charge is 2.16. The van der Waals surface area contributed by atoms with Crippen LogP contribution in [0.25, 0.3) is 0 Å². The number of hydrogen-bond acceptors (Lipinski definition) is 3. The van der Waals surface area contributed by atoms with Gasteiger partial charge in [0.05, 0.1) is 0 Å². The lowest BCUT2D eigenvalue weighted by molar-refractivity contribution is -0.132. The third-order valence-corrected chi connectivity index (χ3v) is 4.94. The van der Waals surface area contributed by atoms with Gasteiger partial charge in [-0.25, -0.2) is 4.79 Å². The van der Waals surface area contributed by atoms with Gasteiger partial charge in [-0.3, -0.25) is 5.32 Å². The molecule has 0 heterocycles. The van der Waals surface area contributed by atoms with E-state index < -0.39 is 11.7 Å². The second-order valence-electron chi connectivity index (χ2n) is 8.24. The zero-order valence-electron chi connectivity index (χ0n) is 19.3. The molecule has 0 aromatic rings. The van der Waals surface area contributed by atoms with Crippen molar-refractivity contribution in [2.45, 2.75) is 130 Å². The number of unbranched alkanes of at least 4 members (excludes halogenated alkanes) is 13. The van der Waals surface area contributed by atoms with Gasteiger partial charge in [0, 0.05) is 5.57 Å². The quantitative estimate of drug-likeness (QED) is 0.134. The van der Waals surface area contributed by atoms with E-state index in [1.54, 1.807) is 0 Å². The molecule has 4 heteroatoms. The largest absolute Gasteiger partial charge is 0.478 e. The van der Waals surface area contributed by atoms with Gasteiger partial charge in [-0.2, -0.15) is 0 Å². The summed E-state index contributed by atoms with van der Waals surface area (Å²) < 4.78 is 0. The predicted octanol–water partition coefficient (Wildman–Crippen LogP) is 6.82. The van der Waals surface area contributed by atoms with Crippen LogP contribution >= 0.6 is 0 Å². The molecule has 0 amide bonds. The first-order chi connectivity index (χ1) is 13.3. The molecule has 0 aromatic heterocycles. The monoisotopic (exact) mass is 399 g/mol. The Balaban J connectivity index is 0. The number of carboxylic acid groups (broad SMARTS) is 1. The van der Waals surface area contributed by atoms with Gasteiger partial charge >= 0.3 is 5.97 Å². The zero-order chi connectivity index (χ0) is 21.7. The summed E-state index contributed by atoms with van der Waals surface area (Å²) in [6.07, 6.45) is 20.2. The Labute approximate surface area is 175 Å². The van der Waals surface area contributed by atoms with Crippen LogP contribution in [0.3, 0.4) is 0 Å². The maximum absolute atomic E-state index is 9.99. The Morgan fingerprint density at radius 1 is 0.821 bits per heavy atom. The molecule has 4 nitrogen and oxygen atoms in total. The van der Waals surface area contributed by atoms with E-state index in [2.05, 4.69) is 18.8 Å². The molecule has 0 radical (unpaired) electrons. The number of hydrogen-bond donors (Lipinski definition) is 3. The van der Waals surface area contributed by atoms with Crippen molar-refractivity contribution in [1.82, 2.24) is 5.32 Å². The first-order valence-electron chi connectivity index (χ1n) is 11.6. The fourth-order valence-electron chi connectivity index (χ4n) is 3.13. The topological polar surface area (TPSA) is 69.6 Å². The molecule has 0 rings (SSSR count).